The number of fused-ring (bicyclic) bond motifs is 3. The van der Waals surface area contributed by atoms with Crippen LogP contribution in [0.5, 0.6) is 0 Å². The number of piperidine rings is 1. The molecule has 1 spiro atoms. The molecule has 0 bridgehead atoms. The second-order valence-corrected chi connectivity index (χ2v) is 18.7. The van der Waals surface area contributed by atoms with Gasteiger partial charge in [0.15, 0.2) is 0 Å². The Hall–Kier alpha value is -2.65. The van der Waals surface area contributed by atoms with Gasteiger partial charge in [-0.2, -0.15) is 5.10 Å². The van der Waals surface area contributed by atoms with E-state index in [1.54, 1.807) is 11.9 Å². The topological polar surface area (TPSA) is 65.5 Å². The molecule has 2 amide bonds. The molecule has 3 atom stereocenters. The fourth-order valence-electron chi connectivity index (χ4n) is 6.35. The molecule has 3 aliphatic rings. The smallest absolute Gasteiger partial charge is 0.262 e. The zero-order valence-corrected chi connectivity index (χ0v) is 26.2. The van der Waals surface area contributed by atoms with Crippen molar-refractivity contribution in [3.8, 4) is 0 Å². The van der Waals surface area contributed by atoms with Gasteiger partial charge in [-0.25, -0.2) is 5.01 Å². The summed E-state index contributed by atoms with van der Waals surface area (Å²) in [6, 6.07) is 13.8. The number of likely N-dealkylation sites (N-methyl/N-ethyl adjacent to an activating group) is 1. The van der Waals surface area contributed by atoms with E-state index in [-0.39, 0.29) is 31.0 Å². The van der Waals surface area contributed by atoms with E-state index in [4.69, 9.17) is 27.9 Å². The van der Waals surface area contributed by atoms with E-state index < -0.39 is 19.5 Å². The maximum absolute atomic E-state index is 15.0. The summed E-state index contributed by atoms with van der Waals surface area (Å²) in [5.41, 5.74) is 2.17. The fraction of sp³-hybridized carbons (Fsp3) is 0.433. The molecular formula is C30H36Cl2N4O3Si. The number of hydrogen-bond donors (Lipinski definition) is 0. The van der Waals surface area contributed by atoms with E-state index in [2.05, 4.69) is 31.3 Å². The van der Waals surface area contributed by atoms with Crippen LogP contribution in [-0.2, 0) is 19.7 Å². The molecule has 5 rings (SSSR count). The lowest BCUT2D eigenvalue weighted by Crippen LogP contribution is -2.67. The summed E-state index contributed by atoms with van der Waals surface area (Å²) in [7, 11) is 0.347. The van der Waals surface area contributed by atoms with Crippen molar-refractivity contribution in [1.82, 2.24) is 9.91 Å². The predicted octanol–water partition coefficient (Wildman–Crippen LogP) is 6.11. The van der Waals surface area contributed by atoms with Crippen molar-refractivity contribution < 1.29 is 14.3 Å². The van der Waals surface area contributed by atoms with Crippen molar-refractivity contribution >= 4 is 54.6 Å². The molecule has 0 N–H and O–H groups in total. The number of nitrogens with zero attached hydrogens (tertiary/aromatic N) is 4. The second kappa shape index (κ2) is 10.6. The van der Waals surface area contributed by atoms with Crippen LogP contribution in [0.25, 0.3) is 0 Å². The Bertz CT molecular complexity index is 1410. The van der Waals surface area contributed by atoms with Gasteiger partial charge in [-0.05, 0) is 48.4 Å². The van der Waals surface area contributed by atoms with Crippen molar-refractivity contribution in [3.63, 3.8) is 0 Å². The molecule has 0 radical (unpaired) electrons. The maximum Gasteiger partial charge on any atom is 0.262 e. The van der Waals surface area contributed by atoms with E-state index in [1.165, 1.54) is 5.01 Å². The highest BCUT2D eigenvalue weighted by atomic mass is 35.5. The number of anilines is 1. The molecule has 0 aromatic heterocycles. The average molecular weight is 600 g/mol. The molecule has 212 valence electrons. The minimum atomic E-state index is -1.32. The highest BCUT2D eigenvalue weighted by Crippen LogP contribution is 2.58. The molecule has 0 unspecified atom stereocenters. The Balaban J connectivity index is 1.71. The number of carbonyl (C=O) groups excluding carboxylic acids is 2. The standard InChI is InChI=1S/C30H36Cl2N4O3Si/c1-19(2)28-30(23-11-10-22(32)15-25(23)36(29(30)38)18-39-12-13-40(4,5)6)24(20-8-7-9-21(31)14-20)16-26-33-34(3)27(37)17-35(26)28/h7-11,14-15,24,28H,1,12-13,16-18H2,2-6H3/t24-,28+,30-/m0/s1. The highest BCUT2D eigenvalue weighted by Gasteiger charge is 2.65. The number of amides is 2. The van der Waals surface area contributed by atoms with Crippen LogP contribution in [0.2, 0.25) is 35.7 Å². The van der Waals surface area contributed by atoms with Gasteiger partial charge in [-0.3, -0.25) is 14.5 Å². The molecule has 0 saturated carbocycles. The van der Waals surface area contributed by atoms with Gasteiger partial charge in [0.1, 0.15) is 24.5 Å². The summed E-state index contributed by atoms with van der Waals surface area (Å²) < 4.78 is 6.14. The lowest BCUT2D eigenvalue weighted by Gasteiger charge is -2.54. The average Bonchev–Trinajstić information content (AvgIpc) is 3.09. The Morgan fingerprint density at radius 3 is 2.55 bits per heavy atom. The first-order valence-corrected chi connectivity index (χ1v) is 18.0. The van der Waals surface area contributed by atoms with Crippen LogP contribution in [-0.4, -0.2) is 68.6 Å². The van der Waals surface area contributed by atoms with Crippen molar-refractivity contribution in [1.29, 1.82) is 0 Å². The number of rotatable bonds is 7. The van der Waals surface area contributed by atoms with E-state index in [9.17, 15) is 4.79 Å². The minimum absolute atomic E-state index is 0.0961. The lowest BCUT2D eigenvalue weighted by molar-refractivity contribution is -0.135. The Kier molecular flexibility index (Phi) is 7.67. The Labute approximate surface area is 247 Å². The summed E-state index contributed by atoms with van der Waals surface area (Å²) in [5, 5.41) is 7.17. The first-order chi connectivity index (χ1) is 18.8. The van der Waals surface area contributed by atoms with Gasteiger partial charge in [0, 0.05) is 44.1 Å². The number of amidine groups is 1. The molecule has 0 aliphatic carbocycles. The van der Waals surface area contributed by atoms with Crippen LogP contribution >= 0.6 is 23.2 Å². The molecule has 1 saturated heterocycles. The molecule has 7 nitrogen and oxygen atoms in total. The molecule has 1 fully saturated rings. The van der Waals surface area contributed by atoms with Crippen molar-refractivity contribution in [2.75, 3.05) is 31.8 Å². The number of hydrazone groups is 1. The first-order valence-electron chi connectivity index (χ1n) is 13.6. The number of carbonyl (C=O) groups is 2. The van der Waals surface area contributed by atoms with Gasteiger partial charge in [-0.15, -0.1) is 0 Å². The third-order valence-corrected chi connectivity index (χ3v) is 10.3. The highest BCUT2D eigenvalue weighted by molar-refractivity contribution is 6.76. The van der Waals surface area contributed by atoms with Crippen LogP contribution < -0.4 is 4.90 Å². The van der Waals surface area contributed by atoms with E-state index in [1.807, 2.05) is 54.3 Å². The normalized spacial score (nSPS) is 24.4. The molecule has 2 aromatic rings. The summed E-state index contributed by atoms with van der Waals surface area (Å²) in [4.78, 5) is 31.6. The van der Waals surface area contributed by atoms with Crippen LogP contribution in [0.1, 0.15) is 30.4 Å². The van der Waals surface area contributed by atoms with Crippen LogP contribution in [0.15, 0.2) is 59.7 Å². The zero-order chi connectivity index (χ0) is 29.0. The van der Waals surface area contributed by atoms with E-state index in [0.29, 0.717) is 23.1 Å². The van der Waals surface area contributed by atoms with Gasteiger partial charge in [0.25, 0.3) is 5.91 Å². The summed E-state index contributed by atoms with van der Waals surface area (Å²) in [5.74, 6) is 0.184. The number of ether oxygens (including phenoxy) is 1. The fourth-order valence-corrected chi connectivity index (χ4v) is 7.47. The SMILES string of the molecule is C=C(C)[C@H]1N2CC(=O)N(C)N=C2C[C@@H](c2cccc(Cl)c2)[C@]12C(=O)N(COCC[Si](C)(C)C)c1cc(Cl)ccc12. The van der Waals surface area contributed by atoms with Crippen LogP contribution in [0, 0.1) is 0 Å². The largest absolute Gasteiger partial charge is 0.361 e. The van der Waals surface area contributed by atoms with Crippen molar-refractivity contribution in [3.05, 3.63) is 75.8 Å². The summed E-state index contributed by atoms with van der Waals surface area (Å²) in [6.07, 6.45) is 0.444. The maximum atomic E-state index is 15.0. The monoisotopic (exact) mass is 598 g/mol. The summed E-state index contributed by atoms with van der Waals surface area (Å²) in [6.45, 7) is 14.0. The Morgan fingerprint density at radius 1 is 1.15 bits per heavy atom. The molecule has 2 aromatic carbocycles. The lowest BCUT2D eigenvalue weighted by atomic mass is 9.58. The van der Waals surface area contributed by atoms with Gasteiger partial charge < -0.3 is 9.64 Å². The molecular weight excluding hydrogens is 563 g/mol. The van der Waals surface area contributed by atoms with Crippen LogP contribution in [0.3, 0.4) is 0 Å². The molecule has 40 heavy (non-hydrogen) atoms. The van der Waals surface area contributed by atoms with E-state index >= 15 is 4.79 Å². The number of benzene rings is 2. The molecule has 10 heteroatoms. The zero-order valence-electron chi connectivity index (χ0n) is 23.7. The quantitative estimate of drug-likeness (QED) is 0.219. The van der Waals surface area contributed by atoms with Crippen molar-refractivity contribution in [2.45, 2.75) is 56.4 Å². The van der Waals surface area contributed by atoms with Gasteiger partial charge in [-0.1, -0.05) is 73.2 Å². The Morgan fingerprint density at radius 2 is 1.88 bits per heavy atom. The van der Waals surface area contributed by atoms with Crippen molar-refractivity contribution in [2.24, 2.45) is 5.10 Å². The minimum Gasteiger partial charge on any atom is -0.361 e. The van der Waals surface area contributed by atoms with Gasteiger partial charge in [0.05, 0.1) is 11.7 Å². The first kappa shape index (κ1) is 28.9. The predicted molar refractivity (Wildman–Crippen MR) is 164 cm³/mol. The van der Waals surface area contributed by atoms with E-state index in [0.717, 1.165) is 34.3 Å². The molecule has 3 aliphatic heterocycles. The number of hydrogen-bond acceptors (Lipinski definition) is 5. The third kappa shape index (κ3) is 4.89. The number of halogens is 2. The van der Waals surface area contributed by atoms with Gasteiger partial charge in [0.2, 0.25) is 5.91 Å². The second-order valence-electron chi connectivity index (χ2n) is 12.2. The summed E-state index contributed by atoms with van der Waals surface area (Å²) >= 11 is 13.0. The van der Waals surface area contributed by atoms with Crippen LogP contribution in [0.4, 0.5) is 5.69 Å². The molecule has 3 heterocycles. The third-order valence-electron chi connectivity index (χ3n) is 8.17. The van der Waals surface area contributed by atoms with Gasteiger partial charge >= 0.3 is 0 Å².